The molecule has 0 aromatic heterocycles. The molecule has 1 aliphatic heterocycles. The van der Waals surface area contributed by atoms with Gasteiger partial charge in [-0.05, 0) is 55.9 Å². The number of alkyl halides is 1. The van der Waals surface area contributed by atoms with Crippen molar-refractivity contribution in [3.8, 4) is 0 Å². The van der Waals surface area contributed by atoms with Gasteiger partial charge in [-0.3, -0.25) is 0 Å². The Labute approximate surface area is 128 Å². The van der Waals surface area contributed by atoms with Gasteiger partial charge in [-0.2, -0.15) is 4.31 Å². The molecule has 1 atom stereocenters. The maximum absolute atomic E-state index is 13.3. The van der Waals surface area contributed by atoms with Crippen LogP contribution in [0.2, 0.25) is 0 Å². The molecule has 0 amide bonds. The third-order valence-corrected chi connectivity index (χ3v) is 6.42. The maximum Gasteiger partial charge on any atom is 0.243 e. The molecule has 112 valence electrons. The van der Waals surface area contributed by atoms with Crippen LogP contribution in [-0.4, -0.2) is 31.1 Å². The molecule has 6 heteroatoms. The van der Waals surface area contributed by atoms with Crippen LogP contribution in [0.15, 0.2) is 17.0 Å². The van der Waals surface area contributed by atoms with Gasteiger partial charge in [-0.15, -0.1) is 0 Å². The quantitative estimate of drug-likeness (QED) is 0.770. The summed E-state index contributed by atoms with van der Waals surface area (Å²) in [7, 11) is -3.52. The fourth-order valence-corrected chi connectivity index (χ4v) is 5.43. The van der Waals surface area contributed by atoms with Gasteiger partial charge in [0.05, 0.1) is 4.90 Å². The predicted octanol–water partition coefficient (Wildman–Crippen LogP) is 3.24. The number of sulfonamides is 1. The van der Waals surface area contributed by atoms with Crippen LogP contribution in [0.3, 0.4) is 0 Å². The first kappa shape index (κ1) is 15.9. The number of benzene rings is 1. The summed E-state index contributed by atoms with van der Waals surface area (Å²) in [6, 6.07) is 2.57. The minimum absolute atomic E-state index is 0.262. The fraction of sp³-hybridized carbons (Fsp3) is 0.571. The van der Waals surface area contributed by atoms with Crippen LogP contribution in [-0.2, 0) is 10.0 Å². The van der Waals surface area contributed by atoms with Gasteiger partial charge < -0.3 is 0 Å². The molecule has 0 N–H and O–H groups in total. The topological polar surface area (TPSA) is 37.4 Å². The molecular weight excluding hydrogens is 345 g/mol. The molecular formula is C14H19BrFNO2S. The Morgan fingerprint density at radius 1 is 1.35 bits per heavy atom. The van der Waals surface area contributed by atoms with Gasteiger partial charge in [-0.1, -0.05) is 15.9 Å². The Bertz CT molecular complexity index is 580. The van der Waals surface area contributed by atoms with Crippen LogP contribution in [0.25, 0.3) is 0 Å². The normalized spacial score (nSPS) is 20.5. The van der Waals surface area contributed by atoms with E-state index in [1.165, 1.54) is 16.4 Å². The third kappa shape index (κ3) is 3.07. The highest BCUT2D eigenvalue weighted by Gasteiger charge is 2.34. The Hall–Kier alpha value is -0.460. The minimum Gasteiger partial charge on any atom is -0.207 e. The highest BCUT2D eigenvalue weighted by molar-refractivity contribution is 9.09. The van der Waals surface area contributed by atoms with E-state index < -0.39 is 15.8 Å². The van der Waals surface area contributed by atoms with Crippen LogP contribution >= 0.6 is 15.9 Å². The molecule has 20 heavy (non-hydrogen) atoms. The zero-order valence-corrected chi connectivity index (χ0v) is 14.1. The molecule has 2 rings (SSSR count). The molecule has 0 aliphatic carbocycles. The molecule has 0 bridgehead atoms. The average molecular weight is 364 g/mol. The maximum atomic E-state index is 13.3. The van der Waals surface area contributed by atoms with E-state index >= 15 is 0 Å². The number of hydrogen-bond acceptors (Lipinski definition) is 2. The molecule has 0 spiro atoms. The summed E-state index contributed by atoms with van der Waals surface area (Å²) >= 11 is 3.40. The number of hydrogen-bond donors (Lipinski definition) is 0. The van der Waals surface area contributed by atoms with Crippen LogP contribution in [0, 0.1) is 25.6 Å². The summed E-state index contributed by atoms with van der Waals surface area (Å²) in [5.41, 5.74) is 0.956. The van der Waals surface area contributed by atoms with Crippen molar-refractivity contribution < 1.29 is 12.8 Å². The van der Waals surface area contributed by atoms with E-state index in [0.29, 0.717) is 30.1 Å². The van der Waals surface area contributed by atoms with E-state index in [1.807, 2.05) is 0 Å². The van der Waals surface area contributed by atoms with E-state index in [4.69, 9.17) is 0 Å². The third-order valence-electron chi connectivity index (χ3n) is 3.79. The second-order valence-electron chi connectivity index (χ2n) is 5.36. The Balaban J connectivity index is 2.33. The summed E-state index contributed by atoms with van der Waals surface area (Å²) in [6.45, 7) is 4.41. The lowest BCUT2D eigenvalue weighted by Crippen LogP contribution is -2.30. The van der Waals surface area contributed by atoms with Crippen LogP contribution in [0.5, 0.6) is 0 Å². The molecule has 0 radical (unpaired) electrons. The molecule has 1 unspecified atom stereocenters. The number of aryl methyl sites for hydroxylation is 2. The van der Waals surface area contributed by atoms with E-state index in [1.54, 1.807) is 13.8 Å². The monoisotopic (exact) mass is 363 g/mol. The van der Waals surface area contributed by atoms with Crippen molar-refractivity contribution in [3.63, 3.8) is 0 Å². The summed E-state index contributed by atoms with van der Waals surface area (Å²) in [5, 5.41) is 0.889. The Kier molecular flexibility index (Phi) is 4.87. The lowest BCUT2D eigenvalue weighted by Gasteiger charge is -2.19. The van der Waals surface area contributed by atoms with E-state index in [0.717, 1.165) is 18.2 Å². The standard InChI is InChI=1S/C14H19BrFNO2S/c1-10-7-13(16)8-11(2)14(10)20(18,19)17-6-4-12(9-17)3-5-15/h7-8,12H,3-6,9H2,1-2H3. The molecule has 1 aromatic carbocycles. The summed E-state index contributed by atoms with van der Waals surface area (Å²) in [4.78, 5) is 0.262. The highest BCUT2D eigenvalue weighted by Crippen LogP contribution is 2.30. The number of nitrogens with zero attached hydrogens (tertiary/aromatic N) is 1. The van der Waals surface area contributed by atoms with Crippen LogP contribution < -0.4 is 0 Å². The number of halogens is 2. The van der Waals surface area contributed by atoms with E-state index in [2.05, 4.69) is 15.9 Å². The van der Waals surface area contributed by atoms with Crippen molar-refractivity contribution in [2.75, 3.05) is 18.4 Å². The minimum atomic E-state index is -3.52. The van der Waals surface area contributed by atoms with Crippen molar-refractivity contribution in [2.24, 2.45) is 5.92 Å². The zero-order chi connectivity index (χ0) is 14.9. The predicted molar refractivity (Wildman–Crippen MR) is 81.2 cm³/mol. The van der Waals surface area contributed by atoms with Crippen molar-refractivity contribution in [1.29, 1.82) is 0 Å². The summed E-state index contributed by atoms with van der Waals surface area (Å²) in [6.07, 6.45) is 1.87. The van der Waals surface area contributed by atoms with Gasteiger partial charge in [0.25, 0.3) is 0 Å². The average Bonchev–Trinajstić information content (AvgIpc) is 2.76. The summed E-state index contributed by atoms with van der Waals surface area (Å²) < 4.78 is 40.3. The van der Waals surface area contributed by atoms with E-state index in [-0.39, 0.29) is 4.90 Å². The number of rotatable bonds is 4. The van der Waals surface area contributed by atoms with Crippen molar-refractivity contribution in [3.05, 3.63) is 29.1 Å². The van der Waals surface area contributed by atoms with Crippen LogP contribution in [0.4, 0.5) is 4.39 Å². The molecule has 0 saturated carbocycles. The first-order valence-electron chi connectivity index (χ1n) is 6.69. The van der Waals surface area contributed by atoms with Gasteiger partial charge in [-0.25, -0.2) is 12.8 Å². The van der Waals surface area contributed by atoms with Crippen molar-refractivity contribution >= 4 is 26.0 Å². The summed E-state index contributed by atoms with van der Waals surface area (Å²) in [5.74, 6) is 0.0164. The SMILES string of the molecule is Cc1cc(F)cc(C)c1S(=O)(=O)N1CCC(CCBr)C1. The van der Waals surface area contributed by atoms with Gasteiger partial charge in [0.15, 0.2) is 0 Å². The second kappa shape index (κ2) is 6.12. The van der Waals surface area contributed by atoms with Gasteiger partial charge in [0, 0.05) is 18.4 Å². The lowest BCUT2D eigenvalue weighted by molar-refractivity contribution is 0.453. The van der Waals surface area contributed by atoms with Crippen LogP contribution in [0.1, 0.15) is 24.0 Å². The van der Waals surface area contributed by atoms with E-state index in [9.17, 15) is 12.8 Å². The van der Waals surface area contributed by atoms with Gasteiger partial charge >= 0.3 is 0 Å². The van der Waals surface area contributed by atoms with Crippen molar-refractivity contribution in [2.45, 2.75) is 31.6 Å². The molecule has 1 heterocycles. The smallest absolute Gasteiger partial charge is 0.207 e. The first-order chi connectivity index (χ1) is 9.36. The molecule has 1 aliphatic rings. The highest BCUT2D eigenvalue weighted by atomic mass is 79.9. The van der Waals surface area contributed by atoms with Gasteiger partial charge in [0.2, 0.25) is 10.0 Å². The van der Waals surface area contributed by atoms with Crippen molar-refractivity contribution in [1.82, 2.24) is 4.31 Å². The Morgan fingerprint density at radius 2 is 1.95 bits per heavy atom. The lowest BCUT2D eigenvalue weighted by atomic mass is 10.1. The largest absolute Gasteiger partial charge is 0.243 e. The molecule has 1 saturated heterocycles. The van der Waals surface area contributed by atoms with Gasteiger partial charge in [0.1, 0.15) is 5.82 Å². The first-order valence-corrected chi connectivity index (χ1v) is 9.25. The molecule has 1 fully saturated rings. The molecule has 3 nitrogen and oxygen atoms in total. The second-order valence-corrected chi connectivity index (χ2v) is 8.03. The fourth-order valence-electron chi connectivity index (χ4n) is 2.84. The Morgan fingerprint density at radius 3 is 2.50 bits per heavy atom. The molecule has 1 aromatic rings. The zero-order valence-electron chi connectivity index (χ0n) is 11.7.